The number of allylic oxidation sites excluding steroid dienone is 2. The summed E-state index contributed by atoms with van der Waals surface area (Å²) in [7, 11) is 3.33. The summed E-state index contributed by atoms with van der Waals surface area (Å²) in [5.74, 6) is 2.09. The largest absolute Gasteiger partial charge is 0.497 e. The number of carbonyl (C=O) groups is 1. The number of ketones is 1. The molecule has 25 heavy (non-hydrogen) atoms. The van der Waals surface area contributed by atoms with Gasteiger partial charge >= 0.3 is 0 Å². The first-order valence-electron chi connectivity index (χ1n) is 8.71. The van der Waals surface area contributed by atoms with E-state index in [1.807, 2.05) is 42.5 Å². The first-order chi connectivity index (χ1) is 12.2. The van der Waals surface area contributed by atoms with Gasteiger partial charge in [-0.05, 0) is 72.7 Å². The summed E-state index contributed by atoms with van der Waals surface area (Å²) in [4.78, 5) is 12.5. The summed E-state index contributed by atoms with van der Waals surface area (Å²) < 4.78 is 10.4. The summed E-state index contributed by atoms with van der Waals surface area (Å²) in [6.07, 6.45) is 5.53. The van der Waals surface area contributed by atoms with E-state index in [4.69, 9.17) is 9.47 Å². The number of methoxy groups -OCH3 is 2. The molecule has 0 saturated heterocycles. The van der Waals surface area contributed by atoms with Gasteiger partial charge in [0.1, 0.15) is 11.5 Å². The van der Waals surface area contributed by atoms with Crippen LogP contribution in [0.1, 0.15) is 30.4 Å². The highest BCUT2D eigenvalue weighted by atomic mass is 16.5. The minimum Gasteiger partial charge on any atom is -0.497 e. The number of hydrogen-bond donors (Lipinski definition) is 0. The third-order valence-corrected chi connectivity index (χ3v) is 4.88. The van der Waals surface area contributed by atoms with E-state index in [9.17, 15) is 4.79 Å². The Balaban J connectivity index is 1.60. The molecule has 0 saturated carbocycles. The molecule has 0 radical (unpaired) electrons. The van der Waals surface area contributed by atoms with Crippen molar-refractivity contribution in [3.63, 3.8) is 0 Å². The van der Waals surface area contributed by atoms with Crippen molar-refractivity contribution in [1.82, 2.24) is 0 Å². The zero-order valence-corrected chi connectivity index (χ0v) is 14.8. The molecule has 1 aliphatic carbocycles. The van der Waals surface area contributed by atoms with Crippen molar-refractivity contribution >= 4 is 11.4 Å². The van der Waals surface area contributed by atoms with Gasteiger partial charge in [-0.1, -0.05) is 24.3 Å². The fourth-order valence-electron chi connectivity index (χ4n) is 3.29. The van der Waals surface area contributed by atoms with Gasteiger partial charge in [-0.25, -0.2) is 0 Å². The molecule has 1 atom stereocenters. The highest BCUT2D eigenvalue weighted by molar-refractivity contribution is 6.00. The van der Waals surface area contributed by atoms with Crippen molar-refractivity contribution in [1.29, 1.82) is 0 Å². The highest BCUT2D eigenvalue weighted by Gasteiger charge is 2.22. The van der Waals surface area contributed by atoms with Crippen LogP contribution in [0.25, 0.3) is 5.57 Å². The smallest absolute Gasteiger partial charge is 0.159 e. The fourth-order valence-corrected chi connectivity index (χ4v) is 3.29. The Hall–Kier alpha value is -2.55. The Morgan fingerprint density at radius 3 is 2.08 bits per heavy atom. The molecule has 0 spiro atoms. The number of benzene rings is 2. The molecule has 0 bridgehead atoms. The quantitative estimate of drug-likeness (QED) is 0.767. The van der Waals surface area contributed by atoms with E-state index in [0.29, 0.717) is 0 Å². The maximum Gasteiger partial charge on any atom is 0.159 e. The lowest BCUT2D eigenvalue weighted by atomic mass is 9.82. The van der Waals surface area contributed by atoms with Gasteiger partial charge in [0, 0.05) is 5.92 Å². The molecule has 0 aliphatic heterocycles. The second-order valence-electron chi connectivity index (χ2n) is 6.42. The molecule has 2 aromatic carbocycles. The Bertz CT molecular complexity index is 742. The SMILES string of the molecule is COc1ccc(CCC2CCC(c3ccc(OC)cc3)=CC2=O)cc1. The third kappa shape index (κ3) is 4.30. The molecule has 0 aromatic heterocycles. The normalized spacial score (nSPS) is 17.1. The zero-order chi connectivity index (χ0) is 17.6. The van der Waals surface area contributed by atoms with Crippen LogP contribution in [0.2, 0.25) is 0 Å². The lowest BCUT2D eigenvalue weighted by molar-refractivity contribution is -0.118. The molecule has 3 rings (SSSR count). The van der Waals surface area contributed by atoms with Crippen LogP contribution >= 0.6 is 0 Å². The molecular weight excluding hydrogens is 312 g/mol. The number of aryl methyl sites for hydroxylation is 1. The standard InChI is InChI=1S/C22H24O3/c1-24-20-11-4-16(5-12-20)3-6-18-7-8-19(15-22(18)23)17-9-13-21(25-2)14-10-17/h4-5,9-15,18H,3,6-8H2,1-2H3. The molecule has 0 heterocycles. The van der Waals surface area contributed by atoms with Crippen molar-refractivity contribution in [2.24, 2.45) is 5.92 Å². The molecule has 3 nitrogen and oxygen atoms in total. The van der Waals surface area contributed by atoms with Gasteiger partial charge in [0.25, 0.3) is 0 Å². The first kappa shape index (κ1) is 17.3. The van der Waals surface area contributed by atoms with Gasteiger partial charge in [0.2, 0.25) is 0 Å². The molecule has 0 amide bonds. The Labute approximate surface area is 149 Å². The second kappa shape index (κ2) is 8.02. The van der Waals surface area contributed by atoms with Crippen molar-refractivity contribution in [2.45, 2.75) is 25.7 Å². The number of carbonyl (C=O) groups excluding carboxylic acids is 1. The van der Waals surface area contributed by atoms with Crippen LogP contribution in [0.3, 0.4) is 0 Å². The van der Waals surface area contributed by atoms with Crippen molar-refractivity contribution < 1.29 is 14.3 Å². The van der Waals surface area contributed by atoms with Gasteiger partial charge in [0.15, 0.2) is 5.78 Å². The average molecular weight is 336 g/mol. The van der Waals surface area contributed by atoms with Gasteiger partial charge in [-0.3, -0.25) is 4.79 Å². The predicted molar refractivity (Wildman–Crippen MR) is 100 cm³/mol. The monoisotopic (exact) mass is 336 g/mol. The lowest BCUT2D eigenvalue weighted by Crippen LogP contribution is -2.18. The van der Waals surface area contributed by atoms with Crippen LogP contribution in [-0.2, 0) is 11.2 Å². The fraction of sp³-hybridized carbons (Fsp3) is 0.318. The topological polar surface area (TPSA) is 35.5 Å². The average Bonchev–Trinajstić information content (AvgIpc) is 2.67. The summed E-state index contributed by atoms with van der Waals surface area (Å²) in [6.45, 7) is 0. The van der Waals surface area contributed by atoms with Crippen LogP contribution in [0.4, 0.5) is 0 Å². The Morgan fingerprint density at radius 1 is 0.920 bits per heavy atom. The van der Waals surface area contributed by atoms with Crippen molar-refractivity contribution in [2.75, 3.05) is 14.2 Å². The van der Waals surface area contributed by atoms with Crippen LogP contribution in [0, 0.1) is 5.92 Å². The van der Waals surface area contributed by atoms with E-state index in [-0.39, 0.29) is 11.7 Å². The maximum absolute atomic E-state index is 12.5. The molecular formula is C22H24O3. The van der Waals surface area contributed by atoms with Crippen LogP contribution in [0.15, 0.2) is 54.6 Å². The van der Waals surface area contributed by atoms with E-state index in [1.54, 1.807) is 14.2 Å². The van der Waals surface area contributed by atoms with E-state index in [0.717, 1.165) is 48.3 Å². The highest BCUT2D eigenvalue weighted by Crippen LogP contribution is 2.31. The van der Waals surface area contributed by atoms with Crippen LogP contribution < -0.4 is 9.47 Å². The number of hydrogen-bond acceptors (Lipinski definition) is 3. The maximum atomic E-state index is 12.5. The van der Waals surface area contributed by atoms with Gasteiger partial charge in [0.05, 0.1) is 14.2 Å². The van der Waals surface area contributed by atoms with Crippen LogP contribution in [-0.4, -0.2) is 20.0 Å². The molecule has 3 heteroatoms. The van der Waals surface area contributed by atoms with Crippen molar-refractivity contribution in [3.05, 3.63) is 65.7 Å². The zero-order valence-electron chi connectivity index (χ0n) is 14.8. The van der Waals surface area contributed by atoms with Gasteiger partial charge in [-0.15, -0.1) is 0 Å². The first-order valence-corrected chi connectivity index (χ1v) is 8.71. The Kier molecular flexibility index (Phi) is 5.54. The van der Waals surface area contributed by atoms with E-state index in [1.165, 1.54) is 5.56 Å². The summed E-state index contributed by atoms with van der Waals surface area (Å²) in [6, 6.07) is 16.0. The molecule has 130 valence electrons. The number of ether oxygens (including phenoxy) is 2. The summed E-state index contributed by atoms with van der Waals surface area (Å²) in [5, 5.41) is 0. The van der Waals surface area contributed by atoms with Gasteiger partial charge in [-0.2, -0.15) is 0 Å². The minimum atomic E-state index is 0.129. The van der Waals surface area contributed by atoms with Gasteiger partial charge < -0.3 is 9.47 Å². The predicted octanol–water partition coefficient (Wildman–Crippen LogP) is 4.70. The molecule has 0 fully saturated rings. The van der Waals surface area contributed by atoms with Crippen molar-refractivity contribution in [3.8, 4) is 11.5 Å². The van der Waals surface area contributed by atoms with E-state index >= 15 is 0 Å². The van der Waals surface area contributed by atoms with E-state index < -0.39 is 0 Å². The number of rotatable bonds is 6. The third-order valence-electron chi connectivity index (χ3n) is 4.88. The van der Waals surface area contributed by atoms with Crippen LogP contribution in [0.5, 0.6) is 11.5 Å². The molecule has 1 aliphatic rings. The lowest BCUT2D eigenvalue weighted by Gasteiger charge is -2.21. The Morgan fingerprint density at radius 2 is 1.52 bits per heavy atom. The molecule has 2 aromatic rings. The summed E-state index contributed by atoms with van der Waals surface area (Å²) >= 11 is 0. The molecule has 0 N–H and O–H groups in total. The molecule has 1 unspecified atom stereocenters. The van der Waals surface area contributed by atoms with E-state index in [2.05, 4.69) is 12.1 Å². The second-order valence-corrected chi connectivity index (χ2v) is 6.42. The summed E-state index contributed by atoms with van der Waals surface area (Å²) in [5.41, 5.74) is 3.50. The minimum absolute atomic E-state index is 0.129.